The minimum Gasteiger partial charge on any atom is -0.444 e. The first-order valence-electron chi connectivity index (χ1n) is 4.55. The summed E-state index contributed by atoms with van der Waals surface area (Å²) < 4.78 is 26.9. The molecular formula is C11H12O4S. The van der Waals surface area contributed by atoms with E-state index in [0.717, 1.165) is 11.8 Å². The average molecular weight is 240 g/mol. The van der Waals surface area contributed by atoms with Crippen LogP contribution in [0.3, 0.4) is 0 Å². The van der Waals surface area contributed by atoms with Gasteiger partial charge in [0, 0.05) is 6.26 Å². The molecule has 0 spiro atoms. The van der Waals surface area contributed by atoms with Crippen molar-refractivity contribution in [2.75, 3.05) is 6.26 Å². The van der Waals surface area contributed by atoms with Gasteiger partial charge in [-0.3, -0.25) is 4.79 Å². The molecule has 0 aliphatic carbocycles. The first kappa shape index (κ1) is 12.4. The van der Waals surface area contributed by atoms with Crippen molar-refractivity contribution in [3.8, 4) is 0 Å². The summed E-state index contributed by atoms with van der Waals surface area (Å²) in [6.07, 6.45) is 3.94. The molecular weight excluding hydrogens is 228 g/mol. The van der Waals surface area contributed by atoms with Crippen LogP contribution in [0.4, 0.5) is 0 Å². The number of hydrogen-bond donors (Lipinski definition) is 0. The van der Waals surface area contributed by atoms with Gasteiger partial charge in [0.2, 0.25) is 5.44 Å². The molecule has 16 heavy (non-hydrogen) atoms. The minimum atomic E-state index is -3.44. The highest BCUT2D eigenvalue weighted by molar-refractivity contribution is 7.91. The summed E-state index contributed by atoms with van der Waals surface area (Å²) in [6.45, 7) is 0.126. The fourth-order valence-electron chi connectivity index (χ4n) is 1.10. The Bertz CT molecular complexity index is 462. The molecule has 0 amide bonds. The summed E-state index contributed by atoms with van der Waals surface area (Å²) in [4.78, 5) is 10.2. The van der Waals surface area contributed by atoms with Gasteiger partial charge < -0.3 is 4.74 Å². The maximum atomic E-state index is 11.2. The number of benzene rings is 1. The predicted molar refractivity (Wildman–Crippen MR) is 61.3 cm³/mol. The molecule has 0 radical (unpaired) electrons. The molecule has 1 aromatic rings. The Hall–Kier alpha value is -1.62. The van der Waals surface area contributed by atoms with Crippen LogP contribution >= 0.6 is 0 Å². The monoisotopic (exact) mass is 240 g/mol. The first-order chi connectivity index (χ1) is 7.54. The Morgan fingerprint density at radius 1 is 1.25 bits per heavy atom. The smallest absolute Gasteiger partial charge is 0.294 e. The number of ether oxygens (including phenoxy) is 1. The standard InChI is InChI=1S/C11H12O4S/c1-16(13,14)11(15-9-12)8-7-10-5-3-2-4-6-10/h2-9,11H,1H3. The zero-order valence-corrected chi connectivity index (χ0v) is 9.55. The predicted octanol–water partition coefficient (Wildman–Crippen LogP) is 1.24. The Labute approximate surface area is 94.5 Å². The lowest BCUT2D eigenvalue weighted by molar-refractivity contribution is -0.128. The maximum absolute atomic E-state index is 11.2. The normalized spacial score (nSPS) is 13.6. The molecule has 0 bridgehead atoms. The van der Waals surface area contributed by atoms with Crippen molar-refractivity contribution in [3.05, 3.63) is 42.0 Å². The van der Waals surface area contributed by atoms with Crippen molar-refractivity contribution in [2.24, 2.45) is 0 Å². The molecule has 0 aromatic heterocycles. The van der Waals surface area contributed by atoms with Gasteiger partial charge in [-0.1, -0.05) is 36.4 Å². The number of hydrogen-bond acceptors (Lipinski definition) is 4. The second kappa shape index (κ2) is 5.46. The molecule has 1 unspecified atom stereocenters. The van der Waals surface area contributed by atoms with Crippen molar-refractivity contribution < 1.29 is 17.9 Å². The van der Waals surface area contributed by atoms with Crippen LogP contribution in [-0.4, -0.2) is 26.6 Å². The molecule has 1 aromatic carbocycles. The first-order valence-corrected chi connectivity index (χ1v) is 6.50. The summed E-state index contributed by atoms with van der Waals surface area (Å²) in [5, 5.41) is 0. The summed E-state index contributed by atoms with van der Waals surface area (Å²) in [5.41, 5.74) is -0.393. The van der Waals surface area contributed by atoms with E-state index in [2.05, 4.69) is 4.74 Å². The summed E-state index contributed by atoms with van der Waals surface area (Å²) in [5.74, 6) is 0. The number of carbonyl (C=O) groups excluding carboxylic acids is 1. The second-order valence-electron chi connectivity index (χ2n) is 3.20. The molecule has 0 heterocycles. The fourth-order valence-corrected chi connectivity index (χ4v) is 1.71. The lowest BCUT2D eigenvalue weighted by Gasteiger charge is -2.07. The van der Waals surface area contributed by atoms with E-state index in [1.807, 2.05) is 30.3 Å². The quantitative estimate of drug-likeness (QED) is 0.726. The van der Waals surface area contributed by atoms with Crippen LogP contribution in [0.5, 0.6) is 0 Å². The SMILES string of the molecule is CS(=O)(=O)C(C=Cc1ccccc1)OC=O. The van der Waals surface area contributed by atoms with E-state index < -0.39 is 15.3 Å². The van der Waals surface area contributed by atoms with Crippen LogP contribution in [0, 0.1) is 0 Å². The zero-order chi connectivity index (χ0) is 12.0. The molecule has 0 fully saturated rings. The van der Waals surface area contributed by atoms with Gasteiger partial charge in [0.15, 0.2) is 9.84 Å². The van der Waals surface area contributed by atoms with Crippen LogP contribution < -0.4 is 0 Å². The Kier molecular flexibility index (Phi) is 4.25. The van der Waals surface area contributed by atoms with E-state index in [0.29, 0.717) is 0 Å². The largest absolute Gasteiger partial charge is 0.444 e. The molecule has 1 atom stereocenters. The third-order valence-corrected chi connectivity index (χ3v) is 2.97. The third-order valence-electron chi connectivity index (χ3n) is 1.86. The van der Waals surface area contributed by atoms with E-state index in [4.69, 9.17) is 0 Å². The van der Waals surface area contributed by atoms with Crippen molar-refractivity contribution in [3.63, 3.8) is 0 Å². The molecule has 4 nitrogen and oxygen atoms in total. The van der Waals surface area contributed by atoms with Crippen LogP contribution in [0.2, 0.25) is 0 Å². The molecule has 0 aliphatic rings. The fraction of sp³-hybridized carbons (Fsp3) is 0.182. The van der Waals surface area contributed by atoms with Gasteiger partial charge >= 0.3 is 0 Å². The van der Waals surface area contributed by atoms with Gasteiger partial charge in [-0.2, -0.15) is 0 Å². The van der Waals surface area contributed by atoms with Crippen LogP contribution in [0.1, 0.15) is 5.56 Å². The van der Waals surface area contributed by atoms with Gasteiger partial charge in [0.25, 0.3) is 6.47 Å². The maximum Gasteiger partial charge on any atom is 0.294 e. The topological polar surface area (TPSA) is 60.4 Å². The molecule has 0 aliphatic heterocycles. The highest BCUT2D eigenvalue weighted by Gasteiger charge is 2.17. The van der Waals surface area contributed by atoms with Crippen molar-refractivity contribution >= 4 is 22.4 Å². The second-order valence-corrected chi connectivity index (χ2v) is 5.32. The summed E-state index contributed by atoms with van der Waals surface area (Å²) >= 11 is 0. The van der Waals surface area contributed by atoms with Crippen LogP contribution in [-0.2, 0) is 19.4 Å². The number of carbonyl (C=O) groups is 1. The number of sulfone groups is 1. The number of rotatable bonds is 5. The molecule has 0 saturated carbocycles. The van der Waals surface area contributed by atoms with Gasteiger partial charge in [-0.25, -0.2) is 8.42 Å². The highest BCUT2D eigenvalue weighted by Crippen LogP contribution is 2.07. The summed E-state index contributed by atoms with van der Waals surface area (Å²) in [6, 6.07) is 9.15. The summed E-state index contributed by atoms with van der Waals surface area (Å²) in [7, 11) is -3.44. The molecule has 1 rings (SSSR count). The van der Waals surface area contributed by atoms with Gasteiger partial charge in [-0.15, -0.1) is 0 Å². The van der Waals surface area contributed by atoms with Crippen LogP contribution in [0.25, 0.3) is 6.08 Å². The lowest BCUT2D eigenvalue weighted by atomic mass is 10.2. The Morgan fingerprint density at radius 2 is 1.88 bits per heavy atom. The van der Waals surface area contributed by atoms with E-state index in [-0.39, 0.29) is 6.47 Å². The zero-order valence-electron chi connectivity index (χ0n) is 8.74. The van der Waals surface area contributed by atoms with Gasteiger partial charge in [0.05, 0.1) is 0 Å². The van der Waals surface area contributed by atoms with Gasteiger partial charge in [-0.05, 0) is 11.6 Å². The molecule has 5 heteroatoms. The van der Waals surface area contributed by atoms with E-state index in [1.165, 1.54) is 6.08 Å². The van der Waals surface area contributed by atoms with Crippen molar-refractivity contribution in [1.82, 2.24) is 0 Å². The van der Waals surface area contributed by atoms with E-state index in [9.17, 15) is 13.2 Å². The van der Waals surface area contributed by atoms with E-state index >= 15 is 0 Å². The van der Waals surface area contributed by atoms with Gasteiger partial charge in [0.1, 0.15) is 0 Å². The van der Waals surface area contributed by atoms with Crippen molar-refractivity contribution in [1.29, 1.82) is 0 Å². The molecule has 86 valence electrons. The molecule has 0 saturated heterocycles. The van der Waals surface area contributed by atoms with E-state index in [1.54, 1.807) is 6.08 Å². The Balaban J connectivity index is 2.84. The van der Waals surface area contributed by atoms with Crippen molar-refractivity contribution in [2.45, 2.75) is 5.44 Å². The van der Waals surface area contributed by atoms with Crippen LogP contribution in [0.15, 0.2) is 36.4 Å². The average Bonchev–Trinajstić information content (AvgIpc) is 2.24. The lowest BCUT2D eigenvalue weighted by Crippen LogP contribution is -2.20. The third kappa shape index (κ3) is 3.86. The molecule has 0 N–H and O–H groups in total. The minimum absolute atomic E-state index is 0.126. The Morgan fingerprint density at radius 3 is 2.38 bits per heavy atom. The highest BCUT2D eigenvalue weighted by atomic mass is 32.2.